The fourth-order valence-electron chi connectivity index (χ4n) is 2.11. The quantitative estimate of drug-likeness (QED) is 0.624. The molecule has 0 spiro atoms. The van der Waals surface area contributed by atoms with Gasteiger partial charge in [-0.25, -0.2) is 0 Å². The van der Waals surface area contributed by atoms with Crippen LogP contribution in [0.4, 0.5) is 0 Å². The monoisotopic (exact) mass is 229 g/mol. The van der Waals surface area contributed by atoms with Gasteiger partial charge in [0.15, 0.2) is 0 Å². The van der Waals surface area contributed by atoms with Crippen molar-refractivity contribution in [3.63, 3.8) is 0 Å². The van der Waals surface area contributed by atoms with Crippen LogP contribution in [-0.4, -0.2) is 37.5 Å². The molecule has 0 radical (unpaired) electrons. The smallest absolute Gasteiger partial charge is 0.0590 e. The molecule has 3 heteroatoms. The molecular formula is C13H27NO2. The molecule has 1 rings (SSSR count). The predicted molar refractivity (Wildman–Crippen MR) is 66.5 cm³/mol. The van der Waals surface area contributed by atoms with E-state index in [9.17, 15) is 5.11 Å². The van der Waals surface area contributed by atoms with E-state index in [0.29, 0.717) is 5.92 Å². The van der Waals surface area contributed by atoms with Crippen molar-refractivity contribution in [1.82, 2.24) is 5.32 Å². The SMILES string of the molecule is CC(C)CCOCCNCC1CCC(O)C1. The molecule has 1 saturated carbocycles. The van der Waals surface area contributed by atoms with E-state index in [4.69, 9.17) is 4.74 Å². The van der Waals surface area contributed by atoms with E-state index in [0.717, 1.165) is 51.5 Å². The van der Waals surface area contributed by atoms with Gasteiger partial charge in [-0.15, -0.1) is 0 Å². The minimum Gasteiger partial charge on any atom is -0.393 e. The van der Waals surface area contributed by atoms with E-state index in [1.54, 1.807) is 0 Å². The summed E-state index contributed by atoms with van der Waals surface area (Å²) in [6.07, 6.45) is 4.23. The molecule has 96 valence electrons. The molecule has 0 amide bonds. The zero-order chi connectivity index (χ0) is 11.8. The van der Waals surface area contributed by atoms with Crippen LogP contribution in [0.15, 0.2) is 0 Å². The lowest BCUT2D eigenvalue weighted by atomic mass is 10.1. The molecule has 1 fully saturated rings. The zero-order valence-electron chi connectivity index (χ0n) is 10.7. The van der Waals surface area contributed by atoms with Crippen LogP contribution < -0.4 is 5.32 Å². The Morgan fingerprint density at radius 3 is 2.75 bits per heavy atom. The maximum atomic E-state index is 9.37. The van der Waals surface area contributed by atoms with Crippen molar-refractivity contribution in [2.45, 2.75) is 45.6 Å². The second-order valence-electron chi connectivity index (χ2n) is 5.33. The molecule has 0 bridgehead atoms. The number of hydrogen-bond acceptors (Lipinski definition) is 3. The Morgan fingerprint density at radius 2 is 2.12 bits per heavy atom. The lowest BCUT2D eigenvalue weighted by Gasteiger charge is -2.11. The standard InChI is InChI=1S/C13H27NO2/c1-11(2)5-7-16-8-6-14-10-12-3-4-13(15)9-12/h11-15H,3-10H2,1-2H3. The third-order valence-electron chi connectivity index (χ3n) is 3.21. The van der Waals surface area contributed by atoms with Gasteiger partial charge in [-0.1, -0.05) is 13.8 Å². The molecule has 0 saturated heterocycles. The number of rotatable bonds is 8. The lowest BCUT2D eigenvalue weighted by molar-refractivity contribution is 0.124. The highest BCUT2D eigenvalue weighted by Gasteiger charge is 2.21. The summed E-state index contributed by atoms with van der Waals surface area (Å²) in [7, 11) is 0. The van der Waals surface area contributed by atoms with Crippen molar-refractivity contribution in [2.24, 2.45) is 11.8 Å². The van der Waals surface area contributed by atoms with Crippen LogP contribution in [0.25, 0.3) is 0 Å². The van der Waals surface area contributed by atoms with Crippen molar-refractivity contribution < 1.29 is 9.84 Å². The van der Waals surface area contributed by atoms with Crippen molar-refractivity contribution in [3.05, 3.63) is 0 Å². The Bertz CT molecular complexity index is 173. The molecule has 0 aromatic heterocycles. The largest absolute Gasteiger partial charge is 0.393 e. The van der Waals surface area contributed by atoms with Crippen LogP contribution in [0, 0.1) is 11.8 Å². The van der Waals surface area contributed by atoms with Gasteiger partial charge in [0.25, 0.3) is 0 Å². The molecule has 16 heavy (non-hydrogen) atoms. The normalized spacial score (nSPS) is 25.5. The number of hydrogen-bond donors (Lipinski definition) is 2. The van der Waals surface area contributed by atoms with E-state index in [-0.39, 0.29) is 6.10 Å². The minimum atomic E-state index is -0.0471. The summed E-state index contributed by atoms with van der Waals surface area (Å²) < 4.78 is 5.52. The maximum Gasteiger partial charge on any atom is 0.0590 e. The highest BCUT2D eigenvalue weighted by Crippen LogP contribution is 2.24. The third-order valence-corrected chi connectivity index (χ3v) is 3.21. The first-order chi connectivity index (χ1) is 7.68. The molecular weight excluding hydrogens is 202 g/mol. The first-order valence-electron chi connectivity index (χ1n) is 6.65. The molecule has 0 aromatic rings. The summed E-state index contributed by atoms with van der Waals surface area (Å²) in [5.41, 5.74) is 0. The van der Waals surface area contributed by atoms with E-state index >= 15 is 0 Å². The number of aliphatic hydroxyl groups excluding tert-OH is 1. The second kappa shape index (κ2) is 8.04. The van der Waals surface area contributed by atoms with Gasteiger partial charge in [-0.05, 0) is 44.1 Å². The second-order valence-corrected chi connectivity index (χ2v) is 5.33. The molecule has 3 nitrogen and oxygen atoms in total. The fraction of sp³-hybridized carbons (Fsp3) is 1.00. The van der Waals surface area contributed by atoms with Crippen molar-refractivity contribution in [2.75, 3.05) is 26.3 Å². The molecule has 2 unspecified atom stereocenters. The minimum absolute atomic E-state index is 0.0471. The Balaban J connectivity index is 1.81. The maximum absolute atomic E-state index is 9.37. The van der Waals surface area contributed by atoms with Gasteiger partial charge in [-0.2, -0.15) is 0 Å². The van der Waals surface area contributed by atoms with Gasteiger partial charge in [0.05, 0.1) is 12.7 Å². The van der Waals surface area contributed by atoms with Gasteiger partial charge in [-0.3, -0.25) is 0 Å². The van der Waals surface area contributed by atoms with E-state index in [2.05, 4.69) is 19.2 Å². The number of ether oxygens (including phenoxy) is 1. The highest BCUT2D eigenvalue weighted by molar-refractivity contribution is 4.75. The van der Waals surface area contributed by atoms with Crippen LogP contribution in [0.5, 0.6) is 0 Å². The average Bonchev–Trinajstić information content (AvgIpc) is 2.62. The van der Waals surface area contributed by atoms with Crippen molar-refractivity contribution in [1.29, 1.82) is 0 Å². The van der Waals surface area contributed by atoms with Gasteiger partial charge in [0.1, 0.15) is 0 Å². The van der Waals surface area contributed by atoms with Crippen LogP contribution >= 0.6 is 0 Å². The first kappa shape index (κ1) is 13.9. The van der Waals surface area contributed by atoms with Crippen LogP contribution in [0.3, 0.4) is 0 Å². The summed E-state index contributed by atoms with van der Waals surface area (Å²) in [5.74, 6) is 1.40. The molecule has 2 N–H and O–H groups in total. The Labute approximate surface area is 99.6 Å². The highest BCUT2D eigenvalue weighted by atomic mass is 16.5. The van der Waals surface area contributed by atoms with Gasteiger partial charge < -0.3 is 15.2 Å². The van der Waals surface area contributed by atoms with Crippen molar-refractivity contribution >= 4 is 0 Å². The average molecular weight is 229 g/mol. The van der Waals surface area contributed by atoms with E-state index in [1.165, 1.54) is 6.42 Å². The molecule has 1 aliphatic carbocycles. The molecule has 0 aliphatic heterocycles. The molecule has 1 aliphatic rings. The molecule has 2 atom stereocenters. The zero-order valence-corrected chi connectivity index (χ0v) is 10.7. The summed E-state index contributed by atoms with van der Waals surface area (Å²) in [6.45, 7) is 8.08. The summed E-state index contributed by atoms with van der Waals surface area (Å²) >= 11 is 0. The van der Waals surface area contributed by atoms with Crippen LogP contribution in [0.2, 0.25) is 0 Å². The summed E-state index contributed by atoms with van der Waals surface area (Å²) in [5, 5.41) is 12.8. The first-order valence-corrected chi connectivity index (χ1v) is 6.65. The molecule has 0 heterocycles. The lowest BCUT2D eigenvalue weighted by Crippen LogP contribution is -2.25. The Morgan fingerprint density at radius 1 is 1.31 bits per heavy atom. The molecule has 0 aromatic carbocycles. The van der Waals surface area contributed by atoms with Gasteiger partial charge in [0.2, 0.25) is 0 Å². The van der Waals surface area contributed by atoms with Crippen molar-refractivity contribution in [3.8, 4) is 0 Å². The number of nitrogens with one attached hydrogen (secondary N) is 1. The van der Waals surface area contributed by atoms with Gasteiger partial charge in [0, 0.05) is 13.2 Å². The third kappa shape index (κ3) is 6.46. The summed E-state index contributed by atoms with van der Waals surface area (Å²) in [4.78, 5) is 0. The topological polar surface area (TPSA) is 41.5 Å². The number of aliphatic hydroxyl groups is 1. The van der Waals surface area contributed by atoms with Crippen LogP contribution in [0.1, 0.15) is 39.5 Å². The van der Waals surface area contributed by atoms with E-state index < -0.39 is 0 Å². The van der Waals surface area contributed by atoms with Gasteiger partial charge >= 0.3 is 0 Å². The van der Waals surface area contributed by atoms with E-state index in [1.807, 2.05) is 0 Å². The Kier molecular flexibility index (Phi) is 7.01. The fourth-order valence-corrected chi connectivity index (χ4v) is 2.11. The predicted octanol–water partition coefficient (Wildman–Crippen LogP) is 1.80. The van der Waals surface area contributed by atoms with Crippen LogP contribution in [-0.2, 0) is 4.74 Å². The summed E-state index contributed by atoms with van der Waals surface area (Å²) in [6, 6.07) is 0. The Hall–Kier alpha value is -0.120.